The summed E-state index contributed by atoms with van der Waals surface area (Å²) in [6.07, 6.45) is -2.72. The quantitative estimate of drug-likeness (QED) is 0.821. The molecule has 0 aliphatic rings. The van der Waals surface area contributed by atoms with Crippen LogP contribution in [-0.2, 0) is 22.1 Å². The van der Waals surface area contributed by atoms with Crippen LogP contribution in [0.1, 0.15) is 30.9 Å². The zero-order valence-corrected chi connectivity index (χ0v) is 12.1. The Balaban J connectivity index is 2.55. The van der Waals surface area contributed by atoms with Gasteiger partial charge < -0.3 is 10.5 Å². The fourth-order valence-electron chi connectivity index (χ4n) is 2.11. The van der Waals surface area contributed by atoms with Crippen molar-refractivity contribution in [2.24, 2.45) is 11.7 Å². The second-order valence-electron chi connectivity index (χ2n) is 5.21. The van der Waals surface area contributed by atoms with Crippen molar-refractivity contribution >= 4 is 5.97 Å². The van der Waals surface area contributed by atoms with Crippen molar-refractivity contribution in [2.45, 2.75) is 38.4 Å². The van der Waals surface area contributed by atoms with Crippen LogP contribution in [0.25, 0.3) is 0 Å². The average molecular weight is 303 g/mol. The third-order valence-electron chi connectivity index (χ3n) is 3.31. The summed E-state index contributed by atoms with van der Waals surface area (Å²) < 4.78 is 42.4. The lowest BCUT2D eigenvalue weighted by atomic mass is 9.94. The number of nitrogens with two attached hydrogens (primary N) is 1. The van der Waals surface area contributed by atoms with Crippen molar-refractivity contribution in [3.8, 4) is 0 Å². The van der Waals surface area contributed by atoms with Crippen molar-refractivity contribution in [2.75, 3.05) is 7.11 Å². The monoisotopic (exact) mass is 303 g/mol. The van der Waals surface area contributed by atoms with Gasteiger partial charge in [-0.3, -0.25) is 4.79 Å². The van der Waals surface area contributed by atoms with Gasteiger partial charge in [0.1, 0.15) is 6.04 Å². The van der Waals surface area contributed by atoms with Crippen LogP contribution in [0.2, 0.25) is 0 Å². The summed E-state index contributed by atoms with van der Waals surface area (Å²) in [5, 5.41) is 0. The van der Waals surface area contributed by atoms with Crippen LogP contribution in [0.3, 0.4) is 0 Å². The van der Waals surface area contributed by atoms with Crippen LogP contribution in [-0.4, -0.2) is 19.1 Å². The zero-order valence-electron chi connectivity index (χ0n) is 12.1. The van der Waals surface area contributed by atoms with Crippen LogP contribution in [0.5, 0.6) is 0 Å². The molecule has 118 valence electrons. The van der Waals surface area contributed by atoms with E-state index in [0.29, 0.717) is 24.8 Å². The number of benzene rings is 1. The van der Waals surface area contributed by atoms with Crippen LogP contribution < -0.4 is 5.73 Å². The van der Waals surface area contributed by atoms with E-state index in [-0.39, 0.29) is 5.92 Å². The fourth-order valence-corrected chi connectivity index (χ4v) is 2.11. The van der Waals surface area contributed by atoms with Gasteiger partial charge in [0.15, 0.2) is 0 Å². The Hall–Kier alpha value is -1.56. The molecule has 0 aliphatic carbocycles. The first-order chi connectivity index (χ1) is 9.74. The molecule has 2 unspecified atom stereocenters. The zero-order chi connectivity index (χ0) is 16.0. The van der Waals surface area contributed by atoms with Crippen molar-refractivity contribution in [1.82, 2.24) is 0 Å². The first-order valence-electron chi connectivity index (χ1n) is 6.73. The fraction of sp³-hybridized carbons (Fsp3) is 0.533. The Morgan fingerprint density at radius 3 is 2.57 bits per heavy atom. The number of hydrogen-bond acceptors (Lipinski definition) is 3. The number of halogens is 3. The third-order valence-corrected chi connectivity index (χ3v) is 3.31. The molecule has 2 N–H and O–H groups in total. The van der Waals surface area contributed by atoms with Crippen molar-refractivity contribution < 1.29 is 22.7 Å². The second kappa shape index (κ2) is 7.45. The van der Waals surface area contributed by atoms with E-state index in [1.807, 2.05) is 6.92 Å². The highest BCUT2D eigenvalue weighted by Crippen LogP contribution is 2.30. The molecule has 0 aliphatic heterocycles. The summed E-state index contributed by atoms with van der Waals surface area (Å²) in [4.78, 5) is 11.2. The lowest BCUT2D eigenvalue weighted by Gasteiger charge is -2.15. The smallest absolute Gasteiger partial charge is 0.416 e. The van der Waals surface area contributed by atoms with E-state index in [0.717, 1.165) is 12.1 Å². The lowest BCUT2D eigenvalue weighted by Crippen LogP contribution is -2.31. The predicted octanol–water partition coefficient (Wildman–Crippen LogP) is 3.16. The highest BCUT2D eigenvalue weighted by atomic mass is 19.4. The molecule has 3 nitrogen and oxygen atoms in total. The normalized spacial score (nSPS) is 14.6. The molecule has 1 rings (SSSR count). The molecule has 0 amide bonds. The molecule has 6 heteroatoms. The highest BCUT2D eigenvalue weighted by molar-refractivity contribution is 5.75. The minimum Gasteiger partial charge on any atom is -0.468 e. The Morgan fingerprint density at radius 1 is 1.33 bits per heavy atom. The largest absolute Gasteiger partial charge is 0.468 e. The maximum absolute atomic E-state index is 12.6. The molecule has 21 heavy (non-hydrogen) atoms. The molecule has 0 radical (unpaired) electrons. The van der Waals surface area contributed by atoms with Gasteiger partial charge in [-0.1, -0.05) is 25.1 Å². The summed E-state index contributed by atoms with van der Waals surface area (Å²) in [5.74, 6) is -0.342. The highest BCUT2D eigenvalue weighted by Gasteiger charge is 2.30. The van der Waals surface area contributed by atoms with Gasteiger partial charge >= 0.3 is 12.1 Å². The number of esters is 1. The molecule has 0 aromatic heterocycles. The van der Waals surface area contributed by atoms with Crippen molar-refractivity contribution in [3.05, 3.63) is 35.4 Å². The van der Waals surface area contributed by atoms with Gasteiger partial charge in [-0.05, 0) is 36.8 Å². The average Bonchev–Trinajstić information content (AvgIpc) is 2.43. The molecular weight excluding hydrogens is 283 g/mol. The minimum atomic E-state index is -4.33. The molecule has 0 saturated heterocycles. The molecule has 0 bridgehead atoms. The maximum Gasteiger partial charge on any atom is 0.416 e. The molecule has 0 spiro atoms. The van der Waals surface area contributed by atoms with Crippen LogP contribution in [0, 0.1) is 5.92 Å². The summed E-state index contributed by atoms with van der Waals surface area (Å²) >= 11 is 0. The van der Waals surface area contributed by atoms with E-state index in [9.17, 15) is 18.0 Å². The predicted molar refractivity (Wildman–Crippen MR) is 73.5 cm³/mol. The van der Waals surface area contributed by atoms with Gasteiger partial charge in [-0.15, -0.1) is 0 Å². The summed E-state index contributed by atoms with van der Waals surface area (Å²) in [6.45, 7) is 1.92. The molecular formula is C15H20F3NO2. The van der Waals surface area contributed by atoms with Gasteiger partial charge in [0.25, 0.3) is 0 Å². The van der Waals surface area contributed by atoms with E-state index < -0.39 is 23.8 Å². The molecule has 1 aromatic carbocycles. The Labute approximate surface area is 122 Å². The van der Waals surface area contributed by atoms with E-state index in [4.69, 9.17) is 5.73 Å². The molecule has 0 heterocycles. The van der Waals surface area contributed by atoms with Crippen LogP contribution in [0.4, 0.5) is 13.2 Å². The summed E-state index contributed by atoms with van der Waals surface area (Å²) in [7, 11) is 1.27. The molecule has 0 fully saturated rings. The topological polar surface area (TPSA) is 52.3 Å². The van der Waals surface area contributed by atoms with E-state index >= 15 is 0 Å². The van der Waals surface area contributed by atoms with E-state index in [2.05, 4.69) is 4.74 Å². The Bertz CT molecular complexity index is 474. The first-order valence-corrected chi connectivity index (χ1v) is 6.73. The SMILES string of the molecule is COC(=O)C(N)CCC(C)Cc1cccc(C(F)(F)F)c1. The standard InChI is InChI=1S/C15H20F3NO2/c1-10(6-7-13(19)14(20)21-2)8-11-4-3-5-12(9-11)15(16,17)18/h3-5,9-10,13H,6-8,19H2,1-2H3. The first kappa shape index (κ1) is 17.5. The number of ether oxygens (including phenoxy) is 1. The molecule has 1 aromatic rings. The van der Waals surface area contributed by atoms with Crippen molar-refractivity contribution in [1.29, 1.82) is 0 Å². The van der Waals surface area contributed by atoms with Gasteiger partial charge in [0.2, 0.25) is 0 Å². The number of alkyl halides is 3. The van der Waals surface area contributed by atoms with Gasteiger partial charge in [0, 0.05) is 0 Å². The number of carbonyl (C=O) groups excluding carboxylic acids is 1. The van der Waals surface area contributed by atoms with Gasteiger partial charge in [0.05, 0.1) is 12.7 Å². The molecule has 0 saturated carbocycles. The lowest BCUT2D eigenvalue weighted by molar-refractivity contribution is -0.142. The summed E-state index contributed by atoms with van der Waals surface area (Å²) in [5.41, 5.74) is 5.62. The van der Waals surface area contributed by atoms with E-state index in [1.54, 1.807) is 6.07 Å². The van der Waals surface area contributed by atoms with E-state index in [1.165, 1.54) is 13.2 Å². The van der Waals surface area contributed by atoms with Gasteiger partial charge in [-0.2, -0.15) is 13.2 Å². The van der Waals surface area contributed by atoms with Crippen molar-refractivity contribution in [3.63, 3.8) is 0 Å². The second-order valence-corrected chi connectivity index (χ2v) is 5.21. The Kier molecular flexibility index (Phi) is 6.20. The van der Waals surface area contributed by atoms with Crippen LogP contribution >= 0.6 is 0 Å². The maximum atomic E-state index is 12.6. The number of carbonyl (C=O) groups is 1. The third kappa shape index (κ3) is 5.75. The number of rotatable bonds is 6. The number of methoxy groups -OCH3 is 1. The van der Waals surface area contributed by atoms with Gasteiger partial charge in [-0.25, -0.2) is 0 Å². The summed E-state index contributed by atoms with van der Waals surface area (Å²) in [6, 6.07) is 4.62. The Morgan fingerprint density at radius 2 is 2.00 bits per heavy atom. The van der Waals surface area contributed by atoms with Crippen LogP contribution in [0.15, 0.2) is 24.3 Å². The minimum absolute atomic E-state index is 0.129. The molecule has 2 atom stereocenters. The number of hydrogen-bond donors (Lipinski definition) is 1.